The van der Waals surface area contributed by atoms with E-state index >= 15 is 0 Å². The predicted octanol–water partition coefficient (Wildman–Crippen LogP) is 3.37. The van der Waals surface area contributed by atoms with Crippen LogP contribution >= 0.6 is 0 Å². The quantitative estimate of drug-likeness (QED) is 0.718. The monoisotopic (exact) mass is 230 g/mol. The van der Waals surface area contributed by atoms with Crippen molar-refractivity contribution in [3.63, 3.8) is 0 Å². The summed E-state index contributed by atoms with van der Waals surface area (Å²) in [7, 11) is 0. The van der Waals surface area contributed by atoms with Gasteiger partial charge in [-0.1, -0.05) is 30.3 Å². The largest absolute Gasteiger partial charge is 0.394 e. The van der Waals surface area contributed by atoms with Crippen LogP contribution in [0.3, 0.4) is 0 Å². The lowest BCUT2D eigenvalue weighted by molar-refractivity contribution is -0.205. The van der Waals surface area contributed by atoms with Crippen molar-refractivity contribution in [2.45, 2.75) is 18.5 Å². The Balaban J connectivity index is 2.24. The zero-order chi connectivity index (χ0) is 11.6. The lowest BCUT2D eigenvalue weighted by atomic mass is 9.82. The minimum Gasteiger partial charge on any atom is -0.381 e. The lowest BCUT2D eigenvalue weighted by Gasteiger charge is -2.33. The van der Waals surface area contributed by atoms with Crippen LogP contribution in [-0.2, 0) is 4.74 Å². The third-order valence-corrected chi connectivity index (χ3v) is 3.00. The molecule has 1 fully saturated rings. The Bertz CT molecular complexity index is 334. The minimum atomic E-state index is -4.18. The van der Waals surface area contributed by atoms with E-state index in [9.17, 15) is 13.2 Å². The van der Waals surface area contributed by atoms with E-state index in [0.717, 1.165) is 5.56 Å². The van der Waals surface area contributed by atoms with E-state index in [1.807, 2.05) is 6.07 Å². The second-order valence-electron chi connectivity index (χ2n) is 4.03. The molecule has 1 heterocycles. The van der Waals surface area contributed by atoms with E-state index < -0.39 is 18.0 Å². The van der Waals surface area contributed by atoms with Crippen LogP contribution < -0.4 is 0 Å². The minimum absolute atomic E-state index is 0.219. The molecule has 0 spiro atoms. The zero-order valence-corrected chi connectivity index (χ0v) is 8.70. The molecule has 4 heteroatoms. The van der Waals surface area contributed by atoms with Gasteiger partial charge in [0.2, 0.25) is 0 Å². The highest BCUT2D eigenvalue weighted by atomic mass is 19.4. The fraction of sp³-hybridized carbons (Fsp3) is 0.500. The van der Waals surface area contributed by atoms with Gasteiger partial charge in [-0.15, -0.1) is 0 Å². The van der Waals surface area contributed by atoms with Gasteiger partial charge < -0.3 is 4.74 Å². The molecule has 1 aliphatic rings. The van der Waals surface area contributed by atoms with Crippen molar-refractivity contribution >= 4 is 0 Å². The third-order valence-electron chi connectivity index (χ3n) is 3.00. The maximum Gasteiger partial charge on any atom is 0.394 e. The molecule has 16 heavy (non-hydrogen) atoms. The first-order valence-electron chi connectivity index (χ1n) is 5.28. The standard InChI is InChI=1S/C12H13F3O/c13-12(14,15)11-8-16-7-6-10(11)9-4-2-1-3-5-9/h1-5,10-11H,6-8H2. The summed E-state index contributed by atoms with van der Waals surface area (Å²) in [5.41, 5.74) is 0.758. The molecule has 0 amide bonds. The molecule has 1 saturated heterocycles. The van der Waals surface area contributed by atoms with Gasteiger partial charge >= 0.3 is 6.18 Å². The number of alkyl halides is 3. The van der Waals surface area contributed by atoms with Crippen molar-refractivity contribution in [2.24, 2.45) is 5.92 Å². The van der Waals surface area contributed by atoms with Crippen LogP contribution in [0.25, 0.3) is 0 Å². The Hall–Kier alpha value is -1.03. The van der Waals surface area contributed by atoms with Crippen molar-refractivity contribution in [1.82, 2.24) is 0 Å². The van der Waals surface area contributed by atoms with Crippen LogP contribution in [-0.4, -0.2) is 19.4 Å². The van der Waals surface area contributed by atoms with Crippen molar-refractivity contribution in [3.8, 4) is 0 Å². The molecule has 0 radical (unpaired) electrons. The number of benzene rings is 1. The first kappa shape index (κ1) is 11.5. The van der Waals surface area contributed by atoms with Gasteiger partial charge in [0.15, 0.2) is 0 Å². The van der Waals surface area contributed by atoms with Crippen LogP contribution in [0.15, 0.2) is 30.3 Å². The number of halogens is 3. The fourth-order valence-corrected chi connectivity index (χ4v) is 2.16. The molecule has 0 saturated carbocycles. The van der Waals surface area contributed by atoms with Gasteiger partial charge in [-0.05, 0) is 17.9 Å². The van der Waals surface area contributed by atoms with Gasteiger partial charge in [0.1, 0.15) is 0 Å². The van der Waals surface area contributed by atoms with E-state index in [1.165, 1.54) is 0 Å². The highest BCUT2D eigenvalue weighted by Gasteiger charge is 2.46. The van der Waals surface area contributed by atoms with E-state index in [2.05, 4.69) is 0 Å². The zero-order valence-electron chi connectivity index (χ0n) is 8.70. The summed E-state index contributed by atoms with van der Waals surface area (Å²) in [6, 6.07) is 8.88. The maximum atomic E-state index is 12.8. The van der Waals surface area contributed by atoms with Gasteiger partial charge in [0.25, 0.3) is 0 Å². The average Bonchev–Trinajstić information content (AvgIpc) is 2.29. The van der Waals surface area contributed by atoms with E-state index in [1.54, 1.807) is 24.3 Å². The summed E-state index contributed by atoms with van der Waals surface area (Å²) in [5, 5.41) is 0. The lowest BCUT2D eigenvalue weighted by Crippen LogP contribution is -2.37. The van der Waals surface area contributed by atoms with Crippen molar-refractivity contribution in [2.75, 3.05) is 13.2 Å². The van der Waals surface area contributed by atoms with E-state index in [-0.39, 0.29) is 6.61 Å². The second kappa shape index (κ2) is 4.45. The predicted molar refractivity (Wildman–Crippen MR) is 54.2 cm³/mol. The first-order chi connectivity index (χ1) is 7.59. The first-order valence-corrected chi connectivity index (χ1v) is 5.28. The summed E-state index contributed by atoms with van der Waals surface area (Å²) in [6.45, 7) is 0.190. The molecule has 88 valence electrons. The molecule has 0 aromatic heterocycles. The fourth-order valence-electron chi connectivity index (χ4n) is 2.16. The average molecular weight is 230 g/mol. The van der Waals surface area contributed by atoms with Crippen LogP contribution in [0.1, 0.15) is 17.9 Å². The Labute approximate surface area is 92.2 Å². The molecular weight excluding hydrogens is 217 g/mol. The highest BCUT2D eigenvalue weighted by Crippen LogP contribution is 2.41. The van der Waals surface area contributed by atoms with Crippen LogP contribution in [0.5, 0.6) is 0 Å². The molecule has 0 N–H and O–H groups in total. The Morgan fingerprint density at radius 3 is 2.44 bits per heavy atom. The number of ether oxygens (including phenoxy) is 1. The summed E-state index contributed by atoms with van der Waals surface area (Å²) < 4.78 is 43.3. The summed E-state index contributed by atoms with van der Waals surface area (Å²) in [5.74, 6) is -1.83. The Morgan fingerprint density at radius 2 is 1.81 bits per heavy atom. The molecular formula is C12H13F3O. The van der Waals surface area contributed by atoms with Crippen molar-refractivity contribution in [1.29, 1.82) is 0 Å². The van der Waals surface area contributed by atoms with Gasteiger partial charge in [0.05, 0.1) is 12.5 Å². The van der Waals surface area contributed by atoms with E-state index in [0.29, 0.717) is 13.0 Å². The van der Waals surface area contributed by atoms with E-state index in [4.69, 9.17) is 4.74 Å². The SMILES string of the molecule is FC(F)(F)C1COCCC1c1ccccc1. The van der Waals surface area contributed by atoms with Crippen molar-refractivity contribution < 1.29 is 17.9 Å². The molecule has 2 unspecified atom stereocenters. The van der Waals surface area contributed by atoms with Gasteiger partial charge in [0, 0.05) is 6.61 Å². The molecule has 1 aromatic rings. The molecule has 1 aromatic carbocycles. The van der Waals surface area contributed by atoms with Crippen LogP contribution in [0.4, 0.5) is 13.2 Å². The normalized spacial score (nSPS) is 26.7. The summed E-state index contributed by atoms with van der Waals surface area (Å²) in [6.07, 6.45) is -3.74. The molecule has 0 aliphatic carbocycles. The van der Waals surface area contributed by atoms with Gasteiger partial charge in [-0.2, -0.15) is 13.2 Å². The molecule has 0 bridgehead atoms. The second-order valence-corrected chi connectivity index (χ2v) is 4.03. The van der Waals surface area contributed by atoms with Crippen LogP contribution in [0, 0.1) is 5.92 Å². The van der Waals surface area contributed by atoms with Crippen molar-refractivity contribution in [3.05, 3.63) is 35.9 Å². The Kier molecular flexibility index (Phi) is 3.19. The summed E-state index contributed by atoms with van der Waals surface area (Å²) in [4.78, 5) is 0. The molecule has 1 nitrogen and oxygen atoms in total. The number of hydrogen-bond donors (Lipinski definition) is 0. The maximum absolute atomic E-state index is 12.8. The number of rotatable bonds is 1. The smallest absolute Gasteiger partial charge is 0.381 e. The molecule has 1 aliphatic heterocycles. The number of hydrogen-bond acceptors (Lipinski definition) is 1. The highest BCUT2D eigenvalue weighted by molar-refractivity contribution is 5.21. The van der Waals surface area contributed by atoms with Gasteiger partial charge in [-0.25, -0.2) is 0 Å². The third kappa shape index (κ3) is 2.38. The van der Waals surface area contributed by atoms with Crippen LogP contribution in [0.2, 0.25) is 0 Å². The topological polar surface area (TPSA) is 9.23 Å². The molecule has 2 rings (SSSR count). The Morgan fingerprint density at radius 1 is 1.12 bits per heavy atom. The summed E-state index contributed by atoms with van der Waals surface area (Å²) >= 11 is 0. The molecule has 2 atom stereocenters. The van der Waals surface area contributed by atoms with Gasteiger partial charge in [-0.3, -0.25) is 0 Å².